The van der Waals surface area contributed by atoms with Gasteiger partial charge in [-0.25, -0.2) is 17.8 Å². The molecule has 0 aliphatic carbocycles. The highest BCUT2D eigenvalue weighted by molar-refractivity contribution is 7.92. The average molecular weight is 330 g/mol. The fourth-order valence-electron chi connectivity index (χ4n) is 1.64. The third-order valence-electron chi connectivity index (χ3n) is 2.60. The van der Waals surface area contributed by atoms with E-state index in [9.17, 15) is 12.8 Å². The Morgan fingerprint density at radius 1 is 1.33 bits per heavy atom. The van der Waals surface area contributed by atoms with Crippen molar-refractivity contribution in [3.63, 3.8) is 0 Å². The molecule has 0 aliphatic heterocycles. The molecule has 5 nitrogen and oxygen atoms in total. The van der Waals surface area contributed by atoms with Crippen LogP contribution in [-0.4, -0.2) is 19.9 Å². The number of aromatic nitrogens is 1. The average Bonchev–Trinajstić information content (AvgIpc) is 2.44. The Balaban J connectivity index is 2.34. The minimum atomic E-state index is -3.92. The highest BCUT2D eigenvalue weighted by Gasteiger charge is 2.18. The normalized spacial score (nSPS) is 11.2. The molecule has 0 fully saturated rings. The lowest BCUT2D eigenvalue weighted by atomic mass is 10.3. The van der Waals surface area contributed by atoms with E-state index in [1.807, 2.05) is 6.92 Å². The first-order valence-electron chi connectivity index (χ1n) is 6.11. The van der Waals surface area contributed by atoms with Crippen LogP contribution < -0.4 is 10.0 Å². The van der Waals surface area contributed by atoms with Gasteiger partial charge in [-0.1, -0.05) is 17.7 Å². The van der Waals surface area contributed by atoms with Crippen molar-refractivity contribution in [3.8, 4) is 0 Å². The summed E-state index contributed by atoms with van der Waals surface area (Å²) in [6, 6.07) is 6.79. The molecule has 8 heteroatoms. The van der Waals surface area contributed by atoms with Gasteiger partial charge in [0, 0.05) is 18.8 Å². The van der Waals surface area contributed by atoms with Crippen molar-refractivity contribution in [2.45, 2.75) is 11.8 Å². The maximum Gasteiger partial charge on any atom is 0.262 e. The molecule has 0 amide bonds. The second-order valence-electron chi connectivity index (χ2n) is 4.11. The number of nitrogens with zero attached hydrogens (tertiary/aromatic N) is 1. The van der Waals surface area contributed by atoms with Crippen molar-refractivity contribution < 1.29 is 12.8 Å². The van der Waals surface area contributed by atoms with Gasteiger partial charge in [0.2, 0.25) is 0 Å². The van der Waals surface area contributed by atoms with Crippen LogP contribution in [0, 0.1) is 5.82 Å². The van der Waals surface area contributed by atoms with E-state index in [1.54, 1.807) is 0 Å². The Labute approximate surface area is 127 Å². The highest BCUT2D eigenvalue weighted by Crippen LogP contribution is 2.25. The molecule has 0 radical (unpaired) electrons. The van der Waals surface area contributed by atoms with Gasteiger partial charge in [-0.05, 0) is 25.1 Å². The van der Waals surface area contributed by atoms with Gasteiger partial charge in [0.15, 0.2) is 5.82 Å². The molecule has 21 heavy (non-hydrogen) atoms. The standard InChI is InChI=1S/C13H13ClFN3O2S/c1-2-16-12-8-9(6-7-17-12)21(19,20)18-11-5-3-4-10(14)13(11)15/h3-8,18H,2H2,1H3,(H,16,17). The summed E-state index contributed by atoms with van der Waals surface area (Å²) in [6.45, 7) is 2.47. The first-order valence-corrected chi connectivity index (χ1v) is 7.97. The van der Waals surface area contributed by atoms with Crippen molar-refractivity contribution in [2.24, 2.45) is 0 Å². The van der Waals surface area contributed by atoms with Gasteiger partial charge in [-0.3, -0.25) is 4.72 Å². The molecule has 1 aromatic carbocycles. The number of nitrogens with one attached hydrogen (secondary N) is 2. The lowest BCUT2D eigenvalue weighted by molar-refractivity contribution is 0.598. The molecule has 2 N–H and O–H groups in total. The fourth-order valence-corrected chi connectivity index (χ4v) is 2.89. The van der Waals surface area contributed by atoms with Crippen molar-refractivity contribution in [3.05, 3.63) is 47.4 Å². The lowest BCUT2D eigenvalue weighted by Gasteiger charge is -2.10. The van der Waals surface area contributed by atoms with E-state index in [2.05, 4.69) is 15.0 Å². The maximum absolute atomic E-state index is 13.8. The summed E-state index contributed by atoms with van der Waals surface area (Å²) in [6.07, 6.45) is 1.36. The molecular formula is C13H13ClFN3O2S. The number of sulfonamides is 1. The zero-order chi connectivity index (χ0) is 15.5. The summed E-state index contributed by atoms with van der Waals surface area (Å²) >= 11 is 5.63. The van der Waals surface area contributed by atoms with Crippen molar-refractivity contribution >= 4 is 33.1 Å². The molecule has 0 spiro atoms. The fraction of sp³-hybridized carbons (Fsp3) is 0.154. The van der Waals surface area contributed by atoms with Crippen LogP contribution >= 0.6 is 11.6 Å². The maximum atomic E-state index is 13.8. The van der Waals surface area contributed by atoms with Crippen LogP contribution in [-0.2, 0) is 10.0 Å². The van der Waals surface area contributed by atoms with Crippen LogP contribution in [0.15, 0.2) is 41.4 Å². The third-order valence-corrected chi connectivity index (χ3v) is 4.25. The van der Waals surface area contributed by atoms with Crippen LogP contribution in [0.5, 0.6) is 0 Å². The lowest BCUT2D eigenvalue weighted by Crippen LogP contribution is -2.14. The van der Waals surface area contributed by atoms with Crippen LogP contribution in [0.1, 0.15) is 6.92 Å². The molecule has 0 unspecified atom stereocenters. The molecule has 1 heterocycles. The van der Waals surface area contributed by atoms with Crippen LogP contribution in [0.25, 0.3) is 0 Å². The first kappa shape index (κ1) is 15.5. The van der Waals surface area contributed by atoms with Gasteiger partial charge in [0.05, 0.1) is 15.6 Å². The quantitative estimate of drug-likeness (QED) is 0.884. The highest BCUT2D eigenvalue weighted by atomic mass is 35.5. The van der Waals surface area contributed by atoms with Crippen LogP contribution in [0.4, 0.5) is 15.9 Å². The predicted octanol–water partition coefficient (Wildman–Crippen LogP) is 3.11. The summed E-state index contributed by atoms with van der Waals surface area (Å²) in [5, 5.41) is 2.75. The van der Waals surface area contributed by atoms with Gasteiger partial charge < -0.3 is 5.32 Å². The Bertz CT molecular complexity index is 753. The number of halogens is 2. The molecule has 1 aromatic heterocycles. The van der Waals surface area contributed by atoms with Crippen molar-refractivity contribution in [2.75, 3.05) is 16.6 Å². The smallest absolute Gasteiger partial charge is 0.262 e. The van der Waals surface area contributed by atoms with E-state index in [1.165, 1.54) is 36.5 Å². The second-order valence-corrected chi connectivity index (χ2v) is 6.20. The summed E-state index contributed by atoms with van der Waals surface area (Å²) in [5.74, 6) is -0.393. The number of rotatable bonds is 5. The van der Waals surface area contributed by atoms with Gasteiger partial charge >= 0.3 is 0 Å². The second kappa shape index (κ2) is 6.28. The number of pyridine rings is 1. The van der Waals surface area contributed by atoms with E-state index >= 15 is 0 Å². The van der Waals surface area contributed by atoms with Gasteiger partial charge in [-0.2, -0.15) is 0 Å². The zero-order valence-corrected chi connectivity index (χ0v) is 12.7. The number of benzene rings is 1. The summed E-state index contributed by atoms with van der Waals surface area (Å²) < 4.78 is 40.4. The molecule has 112 valence electrons. The molecule has 0 bridgehead atoms. The van der Waals surface area contributed by atoms with E-state index in [-0.39, 0.29) is 15.6 Å². The van der Waals surface area contributed by atoms with Gasteiger partial charge in [-0.15, -0.1) is 0 Å². The number of hydrogen-bond acceptors (Lipinski definition) is 4. The monoisotopic (exact) mass is 329 g/mol. The molecule has 0 aliphatic rings. The number of anilines is 2. The first-order chi connectivity index (χ1) is 9.94. The van der Waals surface area contributed by atoms with E-state index < -0.39 is 15.8 Å². The molecular weight excluding hydrogens is 317 g/mol. The van der Waals surface area contributed by atoms with Crippen LogP contribution in [0.2, 0.25) is 5.02 Å². The van der Waals surface area contributed by atoms with E-state index in [0.29, 0.717) is 12.4 Å². The van der Waals surface area contributed by atoms with Crippen LogP contribution in [0.3, 0.4) is 0 Å². The van der Waals surface area contributed by atoms with E-state index in [0.717, 1.165) is 0 Å². The molecule has 2 aromatic rings. The van der Waals surface area contributed by atoms with Crippen molar-refractivity contribution in [1.82, 2.24) is 4.98 Å². The zero-order valence-electron chi connectivity index (χ0n) is 11.1. The van der Waals surface area contributed by atoms with Crippen molar-refractivity contribution in [1.29, 1.82) is 0 Å². The molecule has 2 rings (SSSR count). The minimum absolute atomic E-state index is 0.0205. The predicted molar refractivity (Wildman–Crippen MR) is 80.6 cm³/mol. The topological polar surface area (TPSA) is 71.1 Å². The largest absolute Gasteiger partial charge is 0.370 e. The van der Waals surface area contributed by atoms with E-state index in [4.69, 9.17) is 11.6 Å². The minimum Gasteiger partial charge on any atom is -0.370 e. The summed E-state index contributed by atoms with van der Waals surface area (Å²) in [7, 11) is -3.92. The Hall–Kier alpha value is -1.86. The number of hydrogen-bond donors (Lipinski definition) is 2. The summed E-state index contributed by atoms with van der Waals surface area (Å²) in [5.41, 5.74) is -0.204. The molecule has 0 saturated carbocycles. The SMILES string of the molecule is CCNc1cc(S(=O)(=O)Nc2cccc(Cl)c2F)ccn1. The van der Waals surface area contributed by atoms with Gasteiger partial charge in [0.25, 0.3) is 10.0 Å². The Kier molecular flexibility index (Phi) is 4.64. The summed E-state index contributed by atoms with van der Waals surface area (Å²) in [4.78, 5) is 3.96. The Morgan fingerprint density at radius 2 is 2.10 bits per heavy atom. The third kappa shape index (κ3) is 3.62. The molecule has 0 saturated heterocycles. The Morgan fingerprint density at radius 3 is 2.81 bits per heavy atom. The molecule has 0 atom stereocenters. The van der Waals surface area contributed by atoms with Gasteiger partial charge in [0.1, 0.15) is 5.82 Å².